The van der Waals surface area contributed by atoms with Crippen LogP contribution in [0.25, 0.3) is 5.65 Å². The summed E-state index contributed by atoms with van der Waals surface area (Å²) in [6, 6.07) is 0. The number of rotatable bonds is 2. The number of nitrogens with one attached hydrogen (secondary N) is 1. The first-order chi connectivity index (χ1) is 6.76. The standard InChI is InChI=1S/C8H9N5O/c1-5-11-12-8-7(9-2)10-6(4-14)3-13(5)8/h3-4H,1-2H3,(H,9,10). The molecule has 0 unspecified atom stereocenters. The van der Waals surface area contributed by atoms with Gasteiger partial charge in [0.2, 0.25) is 5.65 Å². The van der Waals surface area contributed by atoms with E-state index in [1.54, 1.807) is 17.6 Å². The van der Waals surface area contributed by atoms with Crippen molar-refractivity contribution in [3.8, 4) is 0 Å². The van der Waals surface area contributed by atoms with Crippen molar-refractivity contribution in [2.24, 2.45) is 0 Å². The maximum Gasteiger partial charge on any atom is 0.203 e. The lowest BCUT2D eigenvalue weighted by atomic mass is 10.4. The van der Waals surface area contributed by atoms with E-state index in [1.165, 1.54) is 0 Å². The Hall–Kier alpha value is -1.98. The number of anilines is 1. The van der Waals surface area contributed by atoms with Gasteiger partial charge in [-0.05, 0) is 6.92 Å². The van der Waals surface area contributed by atoms with Gasteiger partial charge >= 0.3 is 0 Å². The molecular weight excluding hydrogens is 182 g/mol. The van der Waals surface area contributed by atoms with Crippen LogP contribution in [0.3, 0.4) is 0 Å². The van der Waals surface area contributed by atoms with Crippen LogP contribution in [-0.4, -0.2) is 32.9 Å². The molecule has 0 spiro atoms. The third-order valence-corrected chi connectivity index (χ3v) is 1.94. The monoisotopic (exact) mass is 191 g/mol. The van der Waals surface area contributed by atoms with Crippen molar-refractivity contribution in [2.45, 2.75) is 6.92 Å². The maximum absolute atomic E-state index is 10.6. The van der Waals surface area contributed by atoms with Crippen molar-refractivity contribution in [2.75, 3.05) is 12.4 Å². The van der Waals surface area contributed by atoms with E-state index in [-0.39, 0.29) is 0 Å². The number of carbonyl (C=O) groups excluding carboxylic acids is 1. The SMILES string of the molecule is CNc1nc(C=O)cn2c(C)nnc12. The minimum absolute atomic E-state index is 0.352. The van der Waals surface area contributed by atoms with E-state index < -0.39 is 0 Å². The second-order valence-electron chi connectivity index (χ2n) is 2.82. The topological polar surface area (TPSA) is 72.2 Å². The number of hydrogen-bond acceptors (Lipinski definition) is 5. The number of hydrogen-bond donors (Lipinski definition) is 1. The van der Waals surface area contributed by atoms with Crippen LogP contribution in [0.1, 0.15) is 16.3 Å². The van der Waals surface area contributed by atoms with Gasteiger partial charge in [-0.3, -0.25) is 9.20 Å². The summed E-state index contributed by atoms with van der Waals surface area (Å²) in [6.45, 7) is 1.81. The smallest absolute Gasteiger partial charge is 0.203 e. The third-order valence-electron chi connectivity index (χ3n) is 1.94. The highest BCUT2D eigenvalue weighted by Gasteiger charge is 2.08. The van der Waals surface area contributed by atoms with Crippen LogP contribution in [0.15, 0.2) is 6.20 Å². The van der Waals surface area contributed by atoms with Gasteiger partial charge in [0, 0.05) is 13.2 Å². The van der Waals surface area contributed by atoms with Crippen LogP contribution < -0.4 is 5.32 Å². The molecule has 0 aromatic carbocycles. The van der Waals surface area contributed by atoms with Crippen molar-refractivity contribution in [3.05, 3.63) is 17.7 Å². The van der Waals surface area contributed by atoms with Crippen LogP contribution in [0.2, 0.25) is 0 Å². The van der Waals surface area contributed by atoms with Crippen molar-refractivity contribution >= 4 is 17.8 Å². The van der Waals surface area contributed by atoms with Crippen molar-refractivity contribution in [1.82, 2.24) is 19.6 Å². The predicted molar refractivity (Wildman–Crippen MR) is 50.5 cm³/mol. The Morgan fingerprint density at radius 2 is 2.29 bits per heavy atom. The third kappa shape index (κ3) is 1.12. The predicted octanol–water partition coefficient (Wildman–Crippen LogP) is 0.287. The van der Waals surface area contributed by atoms with Gasteiger partial charge in [-0.2, -0.15) is 0 Å². The molecule has 0 aliphatic rings. The molecule has 2 aromatic heterocycles. The van der Waals surface area contributed by atoms with Gasteiger partial charge in [0.05, 0.1) is 0 Å². The van der Waals surface area contributed by atoms with Crippen molar-refractivity contribution in [1.29, 1.82) is 0 Å². The molecule has 1 N–H and O–H groups in total. The summed E-state index contributed by atoms with van der Waals surface area (Å²) in [5, 5.41) is 10.7. The molecule has 2 heterocycles. The van der Waals surface area contributed by atoms with Crippen LogP contribution in [0, 0.1) is 6.92 Å². The molecule has 0 fully saturated rings. The molecule has 2 rings (SSSR count). The Balaban J connectivity index is 2.82. The van der Waals surface area contributed by atoms with Crippen molar-refractivity contribution in [3.63, 3.8) is 0 Å². The van der Waals surface area contributed by atoms with Gasteiger partial charge in [-0.1, -0.05) is 0 Å². The Bertz CT molecular complexity index is 490. The zero-order valence-electron chi connectivity index (χ0n) is 7.85. The minimum atomic E-state index is 0.352. The molecule has 72 valence electrons. The van der Waals surface area contributed by atoms with Crippen LogP contribution >= 0.6 is 0 Å². The summed E-state index contributed by atoms with van der Waals surface area (Å²) >= 11 is 0. The summed E-state index contributed by atoms with van der Waals surface area (Å²) in [5.74, 6) is 1.28. The van der Waals surface area contributed by atoms with Gasteiger partial charge in [-0.15, -0.1) is 10.2 Å². The lowest BCUT2D eigenvalue weighted by molar-refractivity contribution is 0.111. The molecule has 0 aliphatic heterocycles. The van der Waals surface area contributed by atoms with Crippen LogP contribution in [-0.2, 0) is 0 Å². The Kier molecular flexibility index (Phi) is 1.88. The van der Waals surface area contributed by atoms with Gasteiger partial charge in [0.1, 0.15) is 11.5 Å². The molecule has 0 saturated heterocycles. The zero-order chi connectivity index (χ0) is 10.1. The number of aryl methyl sites for hydroxylation is 1. The van der Waals surface area contributed by atoms with E-state index in [1.807, 2.05) is 6.92 Å². The summed E-state index contributed by atoms with van der Waals surface area (Å²) in [4.78, 5) is 14.7. The lowest BCUT2D eigenvalue weighted by Gasteiger charge is -2.02. The van der Waals surface area contributed by atoms with Gasteiger partial charge in [0.25, 0.3) is 0 Å². The maximum atomic E-state index is 10.6. The highest BCUT2D eigenvalue weighted by atomic mass is 16.1. The molecule has 0 aliphatic carbocycles. The van der Waals surface area contributed by atoms with E-state index in [9.17, 15) is 4.79 Å². The van der Waals surface area contributed by atoms with E-state index in [2.05, 4.69) is 20.5 Å². The lowest BCUT2D eigenvalue weighted by Crippen LogP contribution is -2.02. The van der Waals surface area contributed by atoms with Crippen molar-refractivity contribution < 1.29 is 4.79 Å². The molecule has 6 heteroatoms. The van der Waals surface area contributed by atoms with Crippen LogP contribution in [0.5, 0.6) is 0 Å². The molecule has 0 atom stereocenters. The fourth-order valence-electron chi connectivity index (χ4n) is 1.25. The molecule has 0 saturated carbocycles. The largest absolute Gasteiger partial charge is 0.370 e. The fraction of sp³-hybridized carbons (Fsp3) is 0.250. The molecule has 0 radical (unpaired) electrons. The van der Waals surface area contributed by atoms with Gasteiger partial charge in [0.15, 0.2) is 12.1 Å². The average molecular weight is 191 g/mol. The molecule has 6 nitrogen and oxygen atoms in total. The molecule has 0 amide bonds. The highest BCUT2D eigenvalue weighted by Crippen LogP contribution is 2.12. The van der Waals surface area contributed by atoms with E-state index >= 15 is 0 Å². The Morgan fingerprint density at radius 1 is 1.50 bits per heavy atom. The Morgan fingerprint density at radius 3 is 2.93 bits per heavy atom. The molecule has 14 heavy (non-hydrogen) atoms. The Labute approximate surface area is 80.0 Å². The second kappa shape index (κ2) is 3.06. The minimum Gasteiger partial charge on any atom is -0.370 e. The summed E-state index contributed by atoms with van der Waals surface area (Å²) in [7, 11) is 1.72. The van der Waals surface area contributed by atoms with Gasteiger partial charge in [-0.25, -0.2) is 4.98 Å². The van der Waals surface area contributed by atoms with Gasteiger partial charge < -0.3 is 5.32 Å². The highest BCUT2D eigenvalue weighted by molar-refractivity contribution is 5.75. The van der Waals surface area contributed by atoms with E-state index in [0.29, 0.717) is 23.4 Å². The molecular formula is C8H9N5O. The average Bonchev–Trinajstić information content (AvgIpc) is 2.59. The number of nitrogens with zero attached hydrogens (tertiary/aromatic N) is 4. The number of aldehydes is 1. The quantitative estimate of drug-likeness (QED) is 0.690. The first-order valence-electron chi connectivity index (χ1n) is 4.11. The second-order valence-corrected chi connectivity index (χ2v) is 2.82. The number of fused-ring (bicyclic) bond motifs is 1. The summed E-state index contributed by atoms with van der Waals surface area (Å²) in [5.41, 5.74) is 0.973. The molecule has 2 aromatic rings. The zero-order valence-corrected chi connectivity index (χ0v) is 7.85. The molecule has 0 bridgehead atoms. The van der Waals surface area contributed by atoms with E-state index in [4.69, 9.17) is 0 Å². The number of carbonyl (C=O) groups is 1. The van der Waals surface area contributed by atoms with Crippen LogP contribution in [0.4, 0.5) is 5.82 Å². The first kappa shape index (κ1) is 8.61. The first-order valence-corrected chi connectivity index (χ1v) is 4.11. The summed E-state index contributed by atoms with van der Waals surface area (Å²) in [6.07, 6.45) is 2.30. The van der Waals surface area contributed by atoms with E-state index in [0.717, 1.165) is 5.82 Å². The number of aromatic nitrogens is 4. The normalized spacial score (nSPS) is 10.4. The summed E-state index contributed by atoms with van der Waals surface area (Å²) < 4.78 is 1.72. The fourth-order valence-corrected chi connectivity index (χ4v) is 1.25.